The van der Waals surface area contributed by atoms with E-state index in [0.717, 1.165) is 18.7 Å². The molecular weight excluding hydrogens is 256 g/mol. The summed E-state index contributed by atoms with van der Waals surface area (Å²) in [6, 6.07) is 3.66. The van der Waals surface area contributed by atoms with E-state index in [1.807, 2.05) is 19.1 Å². The van der Waals surface area contributed by atoms with Gasteiger partial charge in [-0.2, -0.15) is 0 Å². The summed E-state index contributed by atoms with van der Waals surface area (Å²) >= 11 is 0. The number of carbonyl (C=O) groups is 1. The molecule has 5 heteroatoms. The molecular formula is C15H22N2O3. The van der Waals surface area contributed by atoms with E-state index >= 15 is 0 Å². The van der Waals surface area contributed by atoms with Crippen molar-refractivity contribution < 1.29 is 14.6 Å². The predicted octanol–water partition coefficient (Wildman–Crippen LogP) is 1.47. The zero-order chi connectivity index (χ0) is 14.4. The Morgan fingerprint density at radius 3 is 3.15 bits per heavy atom. The quantitative estimate of drug-likeness (QED) is 0.829. The van der Waals surface area contributed by atoms with Crippen LogP contribution in [-0.2, 0) is 4.79 Å². The second-order valence-corrected chi connectivity index (χ2v) is 5.31. The van der Waals surface area contributed by atoms with Gasteiger partial charge in [-0.25, -0.2) is 0 Å². The number of carbonyl (C=O) groups excluding carboxylic acids is 1. The highest BCUT2D eigenvalue weighted by molar-refractivity contribution is 5.76. The van der Waals surface area contributed by atoms with Gasteiger partial charge < -0.3 is 14.7 Å². The Morgan fingerprint density at radius 1 is 1.60 bits per heavy atom. The van der Waals surface area contributed by atoms with Gasteiger partial charge in [0.05, 0.1) is 18.9 Å². The number of ether oxygens (including phenoxy) is 1. The number of likely N-dealkylation sites (tertiary alicyclic amines) is 1. The molecule has 5 nitrogen and oxygen atoms in total. The van der Waals surface area contributed by atoms with Gasteiger partial charge in [-0.05, 0) is 30.9 Å². The van der Waals surface area contributed by atoms with Crippen LogP contribution in [0.25, 0.3) is 0 Å². The van der Waals surface area contributed by atoms with E-state index in [9.17, 15) is 9.90 Å². The molecule has 0 aliphatic carbocycles. The minimum Gasteiger partial charge on any atom is -0.492 e. The monoisotopic (exact) mass is 278 g/mol. The number of aliphatic hydroxyl groups is 1. The highest BCUT2D eigenvalue weighted by atomic mass is 16.5. The Morgan fingerprint density at radius 2 is 2.45 bits per heavy atom. The van der Waals surface area contributed by atoms with Crippen molar-refractivity contribution in [1.82, 2.24) is 9.88 Å². The number of pyridine rings is 1. The lowest BCUT2D eigenvalue weighted by Crippen LogP contribution is -2.45. The average Bonchev–Trinajstić information content (AvgIpc) is 2.47. The molecule has 0 aromatic carbocycles. The van der Waals surface area contributed by atoms with Gasteiger partial charge in [0.1, 0.15) is 5.75 Å². The van der Waals surface area contributed by atoms with Crippen LogP contribution in [0.2, 0.25) is 0 Å². The van der Waals surface area contributed by atoms with Gasteiger partial charge in [-0.1, -0.05) is 6.92 Å². The molecule has 1 aliphatic rings. The minimum absolute atomic E-state index is 0.103. The van der Waals surface area contributed by atoms with Crippen molar-refractivity contribution in [3.8, 4) is 5.75 Å². The van der Waals surface area contributed by atoms with Gasteiger partial charge in [0.2, 0.25) is 5.91 Å². The average molecular weight is 278 g/mol. The summed E-state index contributed by atoms with van der Waals surface area (Å²) in [7, 11) is 0. The maximum Gasteiger partial charge on any atom is 0.222 e. The molecule has 0 spiro atoms. The molecule has 1 fully saturated rings. The lowest BCUT2D eigenvalue weighted by atomic mass is 9.96. The first-order chi connectivity index (χ1) is 9.66. The van der Waals surface area contributed by atoms with Crippen LogP contribution in [0.4, 0.5) is 0 Å². The van der Waals surface area contributed by atoms with Gasteiger partial charge in [0.15, 0.2) is 0 Å². The van der Waals surface area contributed by atoms with Crippen LogP contribution < -0.4 is 4.74 Å². The van der Waals surface area contributed by atoms with Crippen LogP contribution in [-0.4, -0.2) is 46.7 Å². The molecule has 2 atom stereocenters. The normalized spacial score (nSPS) is 22.6. The zero-order valence-electron chi connectivity index (χ0n) is 11.9. The molecule has 0 saturated carbocycles. The number of nitrogens with zero attached hydrogens (tertiary/aromatic N) is 2. The number of hydrogen-bond acceptors (Lipinski definition) is 4. The van der Waals surface area contributed by atoms with Crippen molar-refractivity contribution in [2.24, 2.45) is 5.92 Å². The van der Waals surface area contributed by atoms with E-state index in [0.29, 0.717) is 26.0 Å². The van der Waals surface area contributed by atoms with Crippen LogP contribution >= 0.6 is 0 Å². The van der Waals surface area contributed by atoms with Crippen molar-refractivity contribution in [3.05, 3.63) is 24.5 Å². The number of rotatable bonds is 5. The topological polar surface area (TPSA) is 62.7 Å². The summed E-state index contributed by atoms with van der Waals surface area (Å²) in [4.78, 5) is 17.7. The van der Waals surface area contributed by atoms with Crippen molar-refractivity contribution in [3.63, 3.8) is 0 Å². The van der Waals surface area contributed by atoms with Gasteiger partial charge in [0.25, 0.3) is 0 Å². The molecule has 20 heavy (non-hydrogen) atoms. The minimum atomic E-state index is -0.389. The predicted molar refractivity (Wildman–Crippen MR) is 75.3 cm³/mol. The fourth-order valence-corrected chi connectivity index (χ4v) is 2.28. The van der Waals surface area contributed by atoms with Crippen LogP contribution in [0.3, 0.4) is 0 Å². The highest BCUT2D eigenvalue weighted by Gasteiger charge is 2.26. The number of piperidine rings is 1. The molecule has 110 valence electrons. The van der Waals surface area contributed by atoms with Crippen LogP contribution in [0, 0.1) is 5.92 Å². The Hall–Kier alpha value is -1.62. The fourth-order valence-electron chi connectivity index (χ4n) is 2.28. The molecule has 1 saturated heterocycles. The molecule has 1 amide bonds. The van der Waals surface area contributed by atoms with Gasteiger partial charge >= 0.3 is 0 Å². The molecule has 0 bridgehead atoms. The maximum atomic E-state index is 12.0. The highest BCUT2D eigenvalue weighted by Crippen LogP contribution is 2.18. The van der Waals surface area contributed by atoms with Crippen LogP contribution in [0.5, 0.6) is 5.75 Å². The number of β-amino-alcohol motifs (C(OH)–C–C–N with tert-alkyl or cyclic N) is 1. The van der Waals surface area contributed by atoms with E-state index in [2.05, 4.69) is 4.98 Å². The van der Waals surface area contributed by atoms with Gasteiger partial charge in [0, 0.05) is 25.7 Å². The summed E-state index contributed by atoms with van der Waals surface area (Å²) in [5.41, 5.74) is 0. The van der Waals surface area contributed by atoms with E-state index in [1.165, 1.54) is 0 Å². The first-order valence-corrected chi connectivity index (χ1v) is 7.15. The summed E-state index contributed by atoms with van der Waals surface area (Å²) in [5, 5.41) is 9.79. The second kappa shape index (κ2) is 7.24. The molecule has 2 unspecified atom stereocenters. The molecule has 2 heterocycles. The Labute approximate surface area is 119 Å². The van der Waals surface area contributed by atoms with Crippen molar-refractivity contribution >= 4 is 5.91 Å². The molecule has 0 radical (unpaired) electrons. The number of amides is 1. The zero-order valence-corrected chi connectivity index (χ0v) is 11.9. The molecule has 1 aromatic rings. The third-order valence-corrected chi connectivity index (χ3v) is 3.71. The Kier molecular flexibility index (Phi) is 5.35. The molecule has 1 aliphatic heterocycles. The fraction of sp³-hybridized carbons (Fsp3) is 0.600. The van der Waals surface area contributed by atoms with Crippen molar-refractivity contribution in [2.45, 2.75) is 32.3 Å². The SMILES string of the molecule is CC1CCN(C(=O)CCCOc2cccnc2)CC1O. The number of aromatic nitrogens is 1. The van der Waals surface area contributed by atoms with E-state index in [4.69, 9.17) is 4.74 Å². The second-order valence-electron chi connectivity index (χ2n) is 5.31. The van der Waals surface area contributed by atoms with Crippen molar-refractivity contribution in [2.75, 3.05) is 19.7 Å². The van der Waals surface area contributed by atoms with Crippen LogP contribution in [0.1, 0.15) is 26.2 Å². The van der Waals surface area contributed by atoms with E-state index in [1.54, 1.807) is 17.3 Å². The molecule has 2 rings (SSSR count). The Balaban J connectivity index is 1.65. The first kappa shape index (κ1) is 14.8. The Bertz CT molecular complexity index is 424. The third-order valence-electron chi connectivity index (χ3n) is 3.71. The standard InChI is InChI=1S/C15H22N2O3/c1-12-6-8-17(11-14(12)18)15(19)5-3-9-20-13-4-2-7-16-10-13/h2,4,7,10,12,14,18H,3,5-6,8-9,11H2,1H3. The number of aliphatic hydroxyl groups excluding tert-OH is 1. The smallest absolute Gasteiger partial charge is 0.222 e. The largest absolute Gasteiger partial charge is 0.492 e. The van der Waals surface area contributed by atoms with Gasteiger partial charge in [-0.15, -0.1) is 0 Å². The van der Waals surface area contributed by atoms with Crippen molar-refractivity contribution in [1.29, 1.82) is 0 Å². The number of hydrogen-bond donors (Lipinski definition) is 1. The lowest BCUT2D eigenvalue weighted by molar-refractivity contribution is -0.135. The molecule has 1 N–H and O–H groups in total. The summed E-state index contributed by atoms with van der Waals surface area (Å²) in [5.74, 6) is 1.11. The summed E-state index contributed by atoms with van der Waals surface area (Å²) in [6.07, 6.45) is 4.97. The van der Waals surface area contributed by atoms with Crippen LogP contribution in [0.15, 0.2) is 24.5 Å². The summed E-state index contributed by atoms with van der Waals surface area (Å²) in [6.45, 7) is 3.74. The first-order valence-electron chi connectivity index (χ1n) is 7.15. The van der Waals surface area contributed by atoms with E-state index in [-0.39, 0.29) is 17.9 Å². The van der Waals surface area contributed by atoms with Gasteiger partial charge in [-0.3, -0.25) is 9.78 Å². The van der Waals surface area contributed by atoms with E-state index < -0.39 is 0 Å². The molecule has 1 aromatic heterocycles. The maximum absolute atomic E-state index is 12.0. The summed E-state index contributed by atoms with van der Waals surface area (Å²) < 4.78 is 5.50. The lowest BCUT2D eigenvalue weighted by Gasteiger charge is -2.34. The third kappa shape index (κ3) is 4.20.